The Morgan fingerprint density at radius 2 is 2.00 bits per heavy atom. The van der Waals surface area contributed by atoms with E-state index in [9.17, 15) is 9.90 Å². The number of Topliss-reactive ketones (excluding diaryl/α,β-unsaturated/α-hetero) is 1. The van der Waals surface area contributed by atoms with Gasteiger partial charge in [-0.3, -0.25) is 4.79 Å². The summed E-state index contributed by atoms with van der Waals surface area (Å²) >= 11 is 0. The van der Waals surface area contributed by atoms with Crippen molar-refractivity contribution in [1.82, 2.24) is 0 Å². The normalized spacial score (nSPS) is 15.5. The third kappa shape index (κ3) is 1.37. The number of ketones is 1. The molecule has 0 spiro atoms. The first-order valence-electron chi connectivity index (χ1n) is 4.29. The summed E-state index contributed by atoms with van der Waals surface area (Å²) in [4.78, 5) is 11.1. The predicted octanol–water partition coefficient (Wildman–Crippen LogP) is 1.03. The van der Waals surface area contributed by atoms with Gasteiger partial charge in [-0.2, -0.15) is 0 Å². The van der Waals surface area contributed by atoms with E-state index in [1.165, 1.54) is 0 Å². The molecule has 0 saturated carbocycles. The van der Waals surface area contributed by atoms with E-state index in [4.69, 9.17) is 5.73 Å². The molecule has 0 radical (unpaired) electrons. The largest absolute Gasteiger partial charge is 0.506 e. The number of benzene rings is 1. The van der Waals surface area contributed by atoms with Crippen LogP contribution in [0.1, 0.15) is 17.5 Å². The van der Waals surface area contributed by atoms with E-state index in [0.29, 0.717) is 18.5 Å². The highest BCUT2D eigenvalue weighted by molar-refractivity contribution is 5.83. The molecule has 2 rings (SSSR count). The number of phenolic OH excluding ortho intramolecular Hbond substituents is 1. The molecule has 1 aromatic carbocycles. The molecule has 0 bridgehead atoms. The van der Waals surface area contributed by atoms with Gasteiger partial charge in [-0.15, -0.1) is 0 Å². The molecule has 68 valence electrons. The Labute approximate surface area is 76.2 Å². The van der Waals surface area contributed by atoms with Crippen LogP contribution in [0.15, 0.2) is 12.1 Å². The van der Waals surface area contributed by atoms with Crippen LogP contribution in [0, 0.1) is 0 Å². The molecule has 1 aromatic rings. The standard InChI is InChI=1S/C10H11NO2/c11-9-4-6-1-2-8(12)3-7(6)5-10(9)13/h4-5,13H,1-3,11H2. The van der Waals surface area contributed by atoms with Gasteiger partial charge in [0.1, 0.15) is 11.5 Å². The zero-order chi connectivity index (χ0) is 9.42. The number of hydrogen-bond acceptors (Lipinski definition) is 3. The number of nitrogen functional groups attached to an aromatic ring is 1. The molecule has 0 aromatic heterocycles. The van der Waals surface area contributed by atoms with Gasteiger partial charge in [0.15, 0.2) is 0 Å². The maximum Gasteiger partial charge on any atom is 0.138 e. The van der Waals surface area contributed by atoms with E-state index < -0.39 is 0 Å². The molecule has 0 saturated heterocycles. The van der Waals surface area contributed by atoms with Crippen molar-refractivity contribution in [3.05, 3.63) is 23.3 Å². The molecular weight excluding hydrogens is 166 g/mol. The number of aromatic hydroxyl groups is 1. The van der Waals surface area contributed by atoms with Crippen molar-refractivity contribution in [1.29, 1.82) is 0 Å². The van der Waals surface area contributed by atoms with Crippen LogP contribution in [-0.2, 0) is 17.6 Å². The third-order valence-corrected chi connectivity index (χ3v) is 2.41. The minimum absolute atomic E-state index is 0.0773. The number of hydrogen-bond donors (Lipinski definition) is 2. The van der Waals surface area contributed by atoms with Gasteiger partial charge in [0.05, 0.1) is 5.69 Å². The van der Waals surface area contributed by atoms with Gasteiger partial charge in [-0.25, -0.2) is 0 Å². The van der Waals surface area contributed by atoms with Crippen LogP contribution in [0.5, 0.6) is 5.75 Å². The molecule has 0 unspecified atom stereocenters. The SMILES string of the molecule is Nc1cc2c(cc1O)CC(=O)CC2. The van der Waals surface area contributed by atoms with Crippen molar-refractivity contribution in [2.75, 3.05) is 5.73 Å². The molecule has 3 N–H and O–H groups in total. The molecule has 0 heterocycles. The minimum Gasteiger partial charge on any atom is -0.506 e. The van der Waals surface area contributed by atoms with Crippen molar-refractivity contribution in [2.24, 2.45) is 0 Å². The number of anilines is 1. The number of nitrogens with two attached hydrogens (primary N) is 1. The maximum atomic E-state index is 11.1. The molecule has 3 heteroatoms. The molecular formula is C10H11NO2. The average Bonchev–Trinajstić information content (AvgIpc) is 2.08. The maximum absolute atomic E-state index is 11.1. The van der Waals surface area contributed by atoms with Crippen LogP contribution >= 0.6 is 0 Å². The summed E-state index contributed by atoms with van der Waals surface area (Å²) in [5.41, 5.74) is 7.95. The van der Waals surface area contributed by atoms with Gasteiger partial charge < -0.3 is 10.8 Å². The predicted molar refractivity (Wildman–Crippen MR) is 49.6 cm³/mol. The van der Waals surface area contributed by atoms with Gasteiger partial charge in [-0.1, -0.05) is 0 Å². The number of carbonyl (C=O) groups excluding carboxylic acids is 1. The summed E-state index contributed by atoms with van der Waals surface area (Å²) in [6, 6.07) is 3.36. The van der Waals surface area contributed by atoms with E-state index in [-0.39, 0.29) is 11.5 Å². The fourth-order valence-electron chi connectivity index (χ4n) is 1.67. The average molecular weight is 177 g/mol. The fraction of sp³-hybridized carbons (Fsp3) is 0.300. The van der Waals surface area contributed by atoms with Gasteiger partial charge in [0, 0.05) is 12.8 Å². The van der Waals surface area contributed by atoms with Crippen LogP contribution in [0.4, 0.5) is 5.69 Å². The van der Waals surface area contributed by atoms with Crippen LogP contribution in [0.3, 0.4) is 0 Å². The topological polar surface area (TPSA) is 63.3 Å². The molecule has 1 aliphatic carbocycles. The second-order valence-electron chi connectivity index (χ2n) is 3.40. The summed E-state index contributed by atoms with van der Waals surface area (Å²) < 4.78 is 0. The molecule has 0 fully saturated rings. The molecule has 13 heavy (non-hydrogen) atoms. The van der Waals surface area contributed by atoms with Gasteiger partial charge >= 0.3 is 0 Å². The molecule has 0 aliphatic heterocycles. The van der Waals surface area contributed by atoms with Gasteiger partial charge in [0.25, 0.3) is 0 Å². The first-order valence-corrected chi connectivity index (χ1v) is 4.29. The smallest absolute Gasteiger partial charge is 0.138 e. The Morgan fingerprint density at radius 3 is 2.77 bits per heavy atom. The van der Waals surface area contributed by atoms with Crippen LogP contribution < -0.4 is 5.73 Å². The van der Waals surface area contributed by atoms with Crippen molar-refractivity contribution in [2.45, 2.75) is 19.3 Å². The fourth-order valence-corrected chi connectivity index (χ4v) is 1.67. The summed E-state index contributed by atoms with van der Waals surface area (Å²) in [6.07, 6.45) is 1.78. The molecule has 3 nitrogen and oxygen atoms in total. The highest BCUT2D eigenvalue weighted by Gasteiger charge is 2.16. The first-order chi connectivity index (χ1) is 6.16. The Hall–Kier alpha value is -1.51. The van der Waals surface area contributed by atoms with E-state index >= 15 is 0 Å². The Bertz CT molecular complexity index is 371. The highest BCUT2D eigenvalue weighted by Crippen LogP contribution is 2.28. The zero-order valence-electron chi connectivity index (χ0n) is 7.21. The van der Waals surface area contributed by atoms with E-state index in [2.05, 4.69) is 0 Å². The number of rotatable bonds is 0. The summed E-state index contributed by atoms with van der Waals surface area (Å²) in [7, 11) is 0. The number of fused-ring (bicyclic) bond motifs is 1. The van der Waals surface area contributed by atoms with Gasteiger partial charge in [0.2, 0.25) is 0 Å². The Kier molecular flexibility index (Phi) is 1.72. The molecule has 0 atom stereocenters. The third-order valence-electron chi connectivity index (χ3n) is 2.41. The summed E-state index contributed by atoms with van der Waals surface area (Å²) in [6.45, 7) is 0. The lowest BCUT2D eigenvalue weighted by Gasteiger charge is -2.15. The molecule has 1 aliphatic rings. The quantitative estimate of drug-likeness (QED) is 0.459. The number of carbonyl (C=O) groups is 1. The summed E-state index contributed by atoms with van der Waals surface area (Å²) in [5.74, 6) is 0.310. The Morgan fingerprint density at radius 1 is 1.23 bits per heavy atom. The van der Waals surface area contributed by atoms with E-state index in [0.717, 1.165) is 17.5 Å². The van der Waals surface area contributed by atoms with Gasteiger partial charge in [-0.05, 0) is 29.7 Å². The van der Waals surface area contributed by atoms with Crippen molar-refractivity contribution in [3.8, 4) is 5.75 Å². The highest BCUT2D eigenvalue weighted by atomic mass is 16.3. The number of phenols is 1. The summed E-state index contributed by atoms with van der Waals surface area (Å²) in [5, 5.41) is 9.33. The first kappa shape index (κ1) is 8.10. The minimum atomic E-state index is 0.0773. The second-order valence-corrected chi connectivity index (χ2v) is 3.40. The lowest BCUT2D eigenvalue weighted by atomic mass is 9.90. The van der Waals surface area contributed by atoms with Crippen molar-refractivity contribution in [3.63, 3.8) is 0 Å². The van der Waals surface area contributed by atoms with Crippen LogP contribution in [0.25, 0.3) is 0 Å². The Balaban J connectivity index is 2.49. The number of aryl methyl sites for hydroxylation is 1. The lowest BCUT2D eigenvalue weighted by molar-refractivity contribution is -0.118. The lowest BCUT2D eigenvalue weighted by Crippen LogP contribution is -2.13. The molecule has 0 amide bonds. The zero-order valence-corrected chi connectivity index (χ0v) is 7.21. The van der Waals surface area contributed by atoms with E-state index in [1.54, 1.807) is 12.1 Å². The van der Waals surface area contributed by atoms with Crippen molar-refractivity contribution < 1.29 is 9.90 Å². The monoisotopic (exact) mass is 177 g/mol. The van der Waals surface area contributed by atoms with Crippen LogP contribution in [0.2, 0.25) is 0 Å². The van der Waals surface area contributed by atoms with Crippen LogP contribution in [-0.4, -0.2) is 10.9 Å². The van der Waals surface area contributed by atoms with Crippen molar-refractivity contribution >= 4 is 11.5 Å². The second kappa shape index (κ2) is 2.76. The van der Waals surface area contributed by atoms with E-state index in [1.807, 2.05) is 0 Å².